The van der Waals surface area contributed by atoms with Crippen molar-refractivity contribution in [3.63, 3.8) is 0 Å². The molecule has 11 heteroatoms. The molecule has 0 saturated carbocycles. The van der Waals surface area contributed by atoms with Crippen LogP contribution in [0.5, 0.6) is 0 Å². The summed E-state index contributed by atoms with van der Waals surface area (Å²) in [4.78, 5) is 21.1. The number of pyridine rings is 2. The van der Waals surface area contributed by atoms with Gasteiger partial charge in [-0.15, -0.1) is 0 Å². The number of fused-ring (bicyclic) bond motifs is 1. The summed E-state index contributed by atoms with van der Waals surface area (Å²) in [5.74, 6) is -0.00224. The average Bonchev–Trinajstić information content (AvgIpc) is 3.09. The Hall–Kier alpha value is -3.57. The minimum Gasteiger partial charge on any atom is -0.497 e. The highest BCUT2D eigenvalue weighted by Gasteiger charge is 2.25. The molecule has 2 aromatic heterocycles. The van der Waals surface area contributed by atoms with Gasteiger partial charge >= 0.3 is 0 Å². The zero-order chi connectivity index (χ0) is 25.0. The van der Waals surface area contributed by atoms with Crippen LogP contribution >= 0.6 is 0 Å². The number of hydrogen-bond donors (Lipinski definition) is 3. The number of amides is 1. The molecule has 2 aromatic rings. The third kappa shape index (κ3) is 5.49. The lowest BCUT2D eigenvalue weighted by Crippen LogP contribution is -2.29. The van der Waals surface area contributed by atoms with Crippen LogP contribution in [0.4, 0.5) is 10.2 Å². The van der Waals surface area contributed by atoms with Gasteiger partial charge in [-0.2, -0.15) is 0 Å². The van der Waals surface area contributed by atoms with Crippen molar-refractivity contribution in [2.45, 2.75) is 31.3 Å². The molecule has 3 heterocycles. The number of allylic oxidation sites excluding steroid dienone is 3. The van der Waals surface area contributed by atoms with Crippen molar-refractivity contribution >= 4 is 21.5 Å². The van der Waals surface area contributed by atoms with E-state index in [2.05, 4.69) is 27.3 Å². The molecule has 2 atom stereocenters. The second-order valence-electron chi connectivity index (χ2n) is 7.72. The van der Waals surface area contributed by atoms with Crippen LogP contribution in [0.2, 0.25) is 0 Å². The number of aromatic nitrogens is 2. The lowest BCUT2D eigenvalue weighted by atomic mass is 10.1. The maximum atomic E-state index is 13.5. The molecule has 2 unspecified atom stereocenters. The Bertz CT molecular complexity index is 1270. The third-order valence-corrected chi connectivity index (χ3v) is 6.93. The van der Waals surface area contributed by atoms with Gasteiger partial charge in [0.2, 0.25) is 0 Å². The molecule has 0 bridgehead atoms. The number of nitrogens with one attached hydrogen (secondary N) is 3. The van der Waals surface area contributed by atoms with E-state index in [9.17, 15) is 13.4 Å². The van der Waals surface area contributed by atoms with E-state index in [1.807, 2.05) is 19.0 Å². The van der Waals surface area contributed by atoms with Crippen molar-refractivity contribution in [3.8, 4) is 0 Å². The van der Waals surface area contributed by atoms with Crippen molar-refractivity contribution in [1.29, 1.82) is 4.78 Å². The number of hydrazine groups is 1. The summed E-state index contributed by atoms with van der Waals surface area (Å²) in [6.45, 7) is 6.90. The summed E-state index contributed by atoms with van der Waals surface area (Å²) in [7, 11) is -0.341. The Balaban J connectivity index is 1.73. The molecule has 180 valence electrons. The van der Waals surface area contributed by atoms with Gasteiger partial charge in [0.25, 0.3) is 5.91 Å². The Morgan fingerprint density at radius 2 is 2.12 bits per heavy atom. The fourth-order valence-corrected chi connectivity index (χ4v) is 4.69. The number of hydrogen-bond acceptors (Lipinski definition) is 8. The molecule has 3 rings (SSSR count). The summed E-state index contributed by atoms with van der Waals surface area (Å²) >= 11 is 0. The van der Waals surface area contributed by atoms with Crippen molar-refractivity contribution in [3.05, 3.63) is 82.6 Å². The fourth-order valence-electron chi connectivity index (χ4n) is 3.33. The van der Waals surface area contributed by atoms with Crippen LogP contribution in [0.3, 0.4) is 0 Å². The Morgan fingerprint density at radius 3 is 2.74 bits per heavy atom. The zero-order valence-corrected chi connectivity index (χ0v) is 20.2. The van der Waals surface area contributed by atoms with Gasteiger partial charge in [-0.25, -0.2) is 23.8 Å². The van der Waals surface area contributed by atoms with Gasteiger partial charge in [0, 0.05) is 25.0 Å². The summed E-state index contributed by atoms with van der Waals surface area (Å²) in [6, 6.07) is 4.87. The van der Waals surface area contributed by atoms with Gasteiger partial charge in [-0.05, 0) is 44.2 Å². The topological polar surface area (TPSA) is 120 Å². The van der Waals surface area contributed by atoms with Crippen LogP contribution in [-0.4, -0.2) is 34.2 Å². The van der Waals surface area contributed by atoms with Crippen LogP contribution in [0.1, 0.15) is 41.5 Å². The second-order valence-corrected chi connectivity index (χ2v) is 9.77. The quantitative estimate of drug-likeness (QED) is 0.384. The largest absolute Gasteiger partial charge is 0.497 e. The molecule has 1 aliphatic rings. The Morgan fingerprint density at radius 1 is 1.38 bits per heavy atom. The van der Waals surface area contributed by atoms with E-state index in [-0.39, 0.29) is 34.1 Å². The number of halogens is 1. The summed E-state index contributed by atoms with van der Waals surface area (Å²) < 4.78 is 40.0. The lowest BCUT2D eigenvalue weighted by Gasteiger charge is -2.11. The molecule has 34 heavy (non-hydrogen) atoms. The minimum absolute atomic E-state index is 0.0465. The van der Waals surface area contributed by atoms with Crippen molar-refractivity contribution in [1.82, 2.24) is 20.7 Å². The Labute approximate surface area is 198 Å². The number of methoxy groups -OCH3 is 1. The average molecular weight is 487 g/mol. The SMILES string of the molecule is C=C(C=C(C=C(C)F)S(=N)(=O)c1ccc(CNC(=O)c2cnc3c(c2)C(C)NN3C)nc1)OC. The van der Waals surface area contributed by atoms with Gasteiger partial charge in [0.05, 0.1) is 46.6 Å². The highest BCUT2D eigenvalue weighted by molar-refractivity contribution is 7.96. The lowest BCUT2D eigenvalue weighted by molar-refractivity contribution is 0.0950. The summed E-state index contributed by atoms with van der Waals surface area (Å²) in [5, 5.41) is 4.59. The number of carbonyl (C=O) groups is 1. The Kier molecular flexibility index (Phi) is 7.48. The number of nitrogens with zero attached hydrogens (tertiary/aromatic N) is 3. The maximum absolute atomic E-state index is 13.5. The molecule has 0 saturated heterocycles. The molecule has 3 N–H and O–H groups in total. The second kappa shape index (κ2) is 10.1. The normalized spacial score (nSPS) is 17.7. The molecule has 1 aliphatic heterocycles. The first-order valence-electron chi connectivity index (χ1n) is 10.3. The molecule has 0 aromatic carbocycles. The standard InChI is InChI=1S/C23H27FN6O3S/c1-14(24)8-20(9-15(2)33-5)34(25,32)19-7-6-18(26-13-19)12-28-23(31)17-10-21-16(3)29-30(4)22(21)27-11-17/h6-11,13,16,25,29H,2,12H2,1,3-5H3,(H,28,31). The fraction of sp³-hybridized carbons (Fsp3) is 0.261. The summed E-state index contributed by atoms with van der Waals surface area (Å²) in [6.07, 6.45) is 5.05. The predicted molar refractivity (Wildman–Crippen MR) is 128 cm³/mol. The van der Waals surface area contributed by atoms with Crippen LogP contribution in [0, 0.1) is 4.78 Å². The van der Waals surface area contributed by atoms with Crippen molar-refractivity contribution in [2.24, 2.45) is 0 Å². The first-order valence-corrected chi connectivity index (χ1v) is 11.9. The predicted octanol–water partition coefficient (Wildman–Crippen LogP) is 3.74. The van der Waals surface area contributed by atoms with Crippen LogP contribution in [0.25, 0.3) is 0 Å². The molecule has 9 nitrogen and oxygen atoms in total. The van der Waals surface area contributed by atoms with Gasteiger partial charge in [0.1, 0.15) is 21.3 Å². The minimum atomic E-state index is -3.57. The molecule has 1 amide bonds. The molecule has 0 radical (unpaired) electrons. The molecular weight excluding hydrogens is 459 g/mol. The van der Waals surface area contributed by atoms with Crippen LogP contribution in [-0.2, 0) is 21.0 Å². The maximum Gasteiger partial charge on any atom is 0.253 e. The molecule has 0 fully saturated rings. The van der Waals surface area contributed by atoms with Crippen LogP contribution < -0.4 is 15.8 Å². The number of anilines is 1. The zero-order valence-electron chi connectivity index (χ0n) is 19.4. The van der Waals surface area contributed by atoms with E-state index in [0.29, 0.717) is 11.3 Å². The molecule has 0 spiro atoms. The number of carbonyl (C=O) groups excluding carboxylic acids is 1. The number of rotatable bonds is 8. The van der Waals surface area contributed by atoms with Crippen molar-refractivity contribution in [2.75, 3.05) is 19.2 Å². The highest BCUT2D eigenvalue weighted by atomic mass is 32.2. The van der Waals surface area contributed by atoms with E-state index in [4.69, 9.17) is 9.52 Å². The third-order valence-electron chi connectivity index (χ3n) is 5.13. The molecular formula is C23H27FN6O3S. The van der Waals surface area contributed by atoms with Crippen molar-refractivity contribution < 1.29 is 18.1 Å². The van der Waals surface area contributed by atoms with Crippen LogP contribution in [0.15, 0.2) is 70.7 Å². The number of ether oxygens (including phenoxy) is 1. The monoisotopic (exact) mass is 486 g/mol. The van der Waals surface area contributed by atoms with Gasteiger partial charge in [0.15, 0.2) is 0 Å². The van der Waals surface area contributed by atoms with E-state index >= 15 is 0 Å². The van der Waals surface area contributed by atoms with E-state index < -0.39 is 15.6 Å². The smallest absolute Gasteiger partial charge is 0.253 e. The van der Waals surface area contributed by atoms with Gasteiger partial charge < -0.3 is 10.1 Å². The van der Waals surface area contributed by atoms with Gasteiger partial charge in [-0.3, -0.25) is 14.8 Å². The first kappa shape index (κ1) is 25.1. The van der Waals surface area contributed by atoms with E-state index in [1.165, 1.54) is 38.6 Å². The first-order chi connectivity index (χ1) is 16.0. The highest BCUT2D eigenvalue weighted by Crippen LogP contribution is 2.29. The van der Waals surface area contributed by atoms with E-state index in [1.54, 1.807) is 12.1 Å². The summed E-state index contributed by atoms with van der Waals surface area (Å²) in [5.41, 5.74) is 5.06. The molecule has 0 aliphatic carbocycles. The van der Waals surface area contributed by atoms with Gasteiger partial charge in [-0.1, -0.05) is 6.58 Å². The van der Waals surface area contributed by atoms with E-state index in [0.717, 1.165) is 17.5 Å².